The number of aryl methyl sites for hydroxylation is 1. The number of aromatic nitrogens is 2. The summed E-state index contributed by atoms with van der Waals surface area (Å²) in [7, 11) is 0. The molecule has 0 bridgehead atoms. The van der Waals surface area contributed by atoms with Crippen molar-refractivity contribution in [1.29, 1.82) is 0 Å². The molecule has 94 valence electrons. The Morgan fingerprint density at radius 1 is 1.56 bits per heavy atom. The first-order chi connectivity index (χ1) is 8.65. The standard InChI is InChI=1S/C12H14N4OS/c1-8-16-10(7-18-8)3-4-14-9-2-5-15-11(6-9)12(13)17/h2,5-7H,3-4H2,1H3,(H2,13,17)(H,14,15). The summed E-state index contributed by atoms with van der Waals surface area (Å²) in [6.45, 7) is 2.75. The van der Waals surface area contributed by atoms with Crippen LogP contribution in [0, 0.1) is 6.92 Å². The molecular formula is C12H14N4OS. The van der Waals surface area contributed by atoms with Crippen molar-refractivity contribution in [2.24, 2.45) is 5.73 Å². The fraction of sp³-hybridized carbons (Fsp3) is 0.250. The van der Waals surface area contributed by atoms with Gasteiger partial charge in [-0.05, 0) is 19.1 Å². The third-order valence-corrected chi connectivity index (χ3v) is 3.21. The second-order valence-corrected chi connectivity index (χ2v) is 4.89. The van der Waals surface area contributed by atoms with Crippen LogP contribution in [0.4, 0.5) is 5.69 Å². The van der Waals surface area contributed by atoms with Gasteiger partial charge in [0.15, 0.2) is 0 Å². The Labute approximate surface area is 109 Å². The highest BCUT2D eigenvalue weighted by Gasteiger charge is 2.03. The lowest BCUT2D eigenvalue weighted by Gasteiger charge is -2.05. The topological polar surface area (TPSA) is 80.9 Å². The molecule has 0 aliphatic heterocycles. The van der Waals surface area contributed by atoms with Crippen molar-refractivity contribution < 1.29 is 4.79 Å². The molecule has 5 nitrogen and oxygen atoms in total. The van der Waals surface area contributed by atoms with Gasteiger partial charge in [-0.3, -0.25) is 9.78 Å². The van der Waals surface area contributed by atoms with Crippen LogP contribution in [-0.4, -0.2) is 22.4 Å². The summed E-state index contributed by atoms with van der Waals surface area (Å²) < 4.78 is 0. The molecule has 0 saturated carbocycles. The minimum Gasteiger partial charge on any atom is -0.385 e. The number of carbonyl (C=O) groups excluding carboxylic acids is 1. The molecule has 0 aliphatic rings. The van der Waals surface area contributed by atoms with Crippen LogP contribution in [0.2, 0.25) is 0 Å². The molecule has 6 heteroatoms. The van der Waals surface area contributed by atoms with E-state index in [1.807, 2.05) is 6.92 Å². The normalized spacial score (nSPS) is 10.3. The summed E-state index contributed by atoms with van der Waals surface area (Å²) in [6.07, 6.45) is 2.41. The molecule has 2 heterocycles. The number of nitrogens with zero attached hydrogens (tertiary/aromatic N) is 2. The summed E-state index contributed by atoms with van der Waals surface area (Å²) >= 11 is 1.65. The Bertz CT molecular complexity index is 553. The van der Waals surface area contributed by atoms with Crippen LogP contribution < -0.4 is 11.1 Å². The lowest BCUT2D eigenvalue weighted by molar-refractivity contribution is 0.0995. The Balaban J connectivity index is 1.90. The van der Waals surface area contributed by atoms with E-state index < -0.39 is 5.91 Å². The zero-order valence-corrected chi connectivity index (χ0v) is 10.8. The van der Waals surface area contributed by atoms with Crippen LogP contribution in [-0.2, 0) is 6.42 Å². The van der Waals surface area contributed by atoms with Crippen LogP contribution in [0.1, 0.15) is 21.2 Å². The van der Waals surface area contributed by atoms with Gasteiger partial charge >= 0.3 is 0 Å². The number of rotatable bonds is 5. The summed E-state index contributed by atoms with van der Waals surface area (Å²) in [4.78, 5) is 19.2. The van der Waals surface area contributed by atoms with Gasteiger partial charge in [0.2, 0.25) is 0 Å². The van der Waals surface area contributed by atoms with Crippen LogP contribution >= 0.6 is 11.3 Å². The molecule has 3 N–H and O–H groups in total. The first kappa shape index (κ1) is 12.5. The maximum absolute atomic E-state index is 11.0. The molecule has 0 saturated heterocycles. The quantitative estimate of drug-likeness (QED) is 0.857. The molecule has 0 fully saturated rings. The van der Waals surface area contributed by atoms with Crippen molar-refractivity contribution in [3.05, 3.63) is 40.1 Å². The molecule has 0 atom stereocenters. The van der Waals surface area contributed by atoms with E-state index >= 15 is 0 Å². The highest BCUT2D eigenvalue weighted by atomic mass is 32.1. The fourth-order valence-electron chi connectivity index (χ4n) is 1.53. The van der Waals surface area contributed by atoms with Gasteiger partial charge in [0.25, 0.3) is 5.91 Å². The molecule has 18 heavy (non-hydrogen) atoms. The Morgan fingerprint density at radius 3 is 3.06 bits per heavy atom. The van der Waals surface area contributed by atoms with Gasteiger partial charge in [-0.2, -0.15) is 0 Å². The van der Waals surface area contributed by atoms with Gasteiger partial charge in [-0.25, -0.2) is 4.98 Å². The zero-order valence-electron chi connectivity index (χ0n) is 10.0. The third kappa shape index (κ3) is 3.27. The lowest BCUT2D eigenvalue weighted by atomic mass is 10.3. The SMILES string of the molecule is Cc1nc(CCNc2ccnc(C(N)=O)c2)cs1. The van der Waals surface area contributed by atoms with Crippen LogP contribution in [0.5, 0.6) is 0 Å². The zero-order chi connectivity index (χ0) is 13.0. The van der Waals surface area contributed by atoms with Crippen molar-refractivity contribution in [1.82, 2.24) is 9.97 Å². The molecule has 0 aliphatic carbocycles. The van der Waals surface area contributed by atoms with E-state index in [4.69, 9.17) is 5.73 Å². The number of amides is 1. The molecule has 1 amide bonds. The van der Waals surface area contributed by atoms with Gasteiger partial charge < -0.3 is 11.1 Å². The first-order valence-corrected chi connectivity index (χ1v) is 6.44. The monoisotopic (exact) mass is 262 g/mol. The summed E-state index contributed by atoms with van der Waals surface area (Å²) in [6, 6.07) is 3.45. The molecule has 2 aromatic heterocycles. The molecule has 0 radical (unpaired) electrons. The number of primary amides is 1. The molecular weight excluding hydrogens is 248 g/mol. The average Bonchev–Trinajstić information content (AvgIpc) is 2.75. The van der Waals surface area contributed by atoms with Gasteiger partial charge in [0.05, 0.1) is 10.7 Å². The third-order valence-electron chi connectivity index (χ3n) is 2.39. The molecule has 0 aromatic carbocycles. The minimum absolute atomic E-state index is 0.268. The van der Waals surface area contributed by atoms with Crippen LogP contribution in [0.25, 0.3) is 0 Å². The number of nitrogens with one attached hydrogen (secondary N) is 1. The number of hydrogen-bond donors (Lipinski definition) is 2. The highest BCUT2D eigenvalue weighted by Crippen LogP contribution is 2.10. The Hall–Kier alpha value is -1.95. The van der Waals surface area contributed by atoms with E-state index in [0.29, 0.717) is 0 Å². The van der Waals surface area contributed by atoms with Gasteiger partial charge in [-0.1, -0.05) is 0 Å². The van der Waals surface area contributed by atoms with Crippen LogP contribution in [0.15, 0.2) is 23.7 Å². The minimum atomic E-state index is -0.520. The number of pyridine rings is 1. The van der Waals surface area contributed by atoms with Crippen molar-refractivity contribution in [3.63, 3.8) is 0 Å². The number of nitrogens with two attached hydrogens (primary N) is 1. The second-order valence-electron chi connectivity index (χ2n) is 3.83. The number of anilines is 1. The average molecular weight is 262 g/mol. The fourth-order valence-corrected chi connectivity index (χ4v) is 2.18. The van der Waals surface area contributed by atoms with Crippen molar-refractivity contribution >= 4 is 22.9 Å². The number of thiazole rings is 1. The van der Waals surface area contributed by atoms with Crippen molar-refractivity contribution in [2.45, 2.75) is 13.3 Å². The van der Waals surface area contributed by atoms with E-state index in [2.05, 4.69) is 20.7 Å². The summed E-state index contributed by atoms with van der Waals surface area (Å²) in [5.41, 5.74) is 7.35. The first-order valence-electron chi connectivity index (χ1n) is 5.56. The van der Waals surface area contributed by atoms with Gasteiger partial charge in [-0.15, -0.1) is 11.3 Å². The second kappa shape index (κ2) is 5.59. The predicted molar refractivity (Wildman–Crippen MR) is 71.8 cm³/mol. The van der Waals surface area contributed by atoms with Gasteiger partial charge in [0.1, 0.15) is 5.69 Å². The van der Waals surface area contributed by atoms with E-state index in [0.717, 1.165) is 29.4 Å². The molecule has 0 spiro atoms. The number of carbonyl (C=O) groups is 1. The predicted octanol–water partition coefficient (Wildman–Crippen LogP) is 1.60. The van der Waals surface area contributed by atoms with Crippen molar-refractivity contribution in [3.8, 4) is 0 Å². The van der Waals surface area contributed by atoms with Crippen LogP contribution in [0.3, 0.4) is 0 Å². The van der Waals surface area contributed by atoms with E-state index in [9.17, 15) is 4.79 Å². The maximum Gasteiger partial charge on any atom is 0.267 e. The van der Waals surface area contributed by atoms with Gasteiger partial charge in [0, 0.05) is 30.2 Å². The van der Waals surface area contributed by atoms with E-state index in [-0.39, 0.29) is 5.69 Å². The smallest absolute Gasteiger partial charge is 0.267 e. The largest absolute Gasteiger partial charge is 0.385 e. The lowest BCUT2D eigenvalue weighted by Crippen LogP contribution is -2.13. The van der Waals surface area contributed by atoms with E-state index in [1.165, 1.54) is 0 Å². The van der Waals surface area contributed by atoms with E-state index in [1.54, 1.807) is 29.7 Å². The Morgan fingerprint density at radius 2 is 2.39 bits per heavy atom. The summed E-state index contributed by atoms with van der Waals surface area (Å²) in [5, 5.41) is 6.34. The molecule has 2 aromatic rings. The number of hydrogen-bond acceptors (Lipinski definition) is 5. The maximum atomic E-state index is 11.0. The molecule has 2 rings (SSSR count). The summed E-state index contributed by atoms with van der Waals surface area (Å²) in [5.74, 6) is -0.520. The molecule has 0 unspecified atom stereocenters. The highest BCUT2D eigenvalue weighted by molar-refractivity contribution is 7.09. The Kier molecular flexibility index (Phi) is 3.88. The van der Waals surface area contributed by atoms with Crippen molar-refractivity contribution in [2.75, 3.05) is 11.9 Å².